The van der Waals surface area contributed by atoms with Crippen molar-refractivity contribution in [2.45, 2.75) is 18.9 Å². The number of Topliss-reactive ketones (excluding diaryl/α,β-unsaturated/α-hetero) is 1. The van der Waals surface area contributed by atoms with Gasteiger partial charge >= 0.3 is 0 Å². The number of ketones is 1. The Labute approximate surface area is 168 Å². The highest BCUT2D eigenvalue weighted by molar-refractivity contribution is 6.03. The molecule has 0 saturated heterocycles. The monoisotopic (exact) mass is 391 g/mol. The van der Waals surface area contributed by atoms with Gasteiger partial charge in [0.05, 0.1) is 6.42 Å². The molecule has 0 amide bonds. The van der Waals surface area contributed by atoms with Gasteiger partial charge in [-0.1, -0.05) is 24.3 Å². The number of carbonyl (C=O) groups is 1. The van der Waals surface area contributed by atoms with Gasteiger partial charge in [0.2, 0.25) is 0 Å². The van der Waals surface area contributed by atoms with E-state index in [1.54, 1.807) is 12.1 Å². The molecule has 6 heteroatoms. The Balaban J connectivity index is 1.66. The SMILES string of the molecule is CNc1ccc(Cc2c(O)cc3c(c2O)C(=O)CC(c2ccc(O)cc2)O3)cc1. The number of fused-ring (bicyclic) bond motifs is 1. The van der Waals surface area contributed by atoms with Crippen LogP contribution in [-0.2, 0) is 6.42 Å². The average Bonchev–Trinajstić information content (AvgIpc) is 2.71. The number of hydrogen-bond acceptors (Lipinski definition) is 6. The van der Waals surface area contributed by atoms with Crippen molar-refractivity contribution < 1.29 is 24.9 Å². The molecule has 1 aliphatic rings. The second-order valence-electron chi connectivity index (χ2n) is 7.05. The molecule has 4 N–H and O–H groups in total. The van der Waals surface area contributed by atoms with Crippen molar-refractivity contribution in [3.8, 4) is 23.0 Å². The van der Waals surface area contributed by atoms with Crippen molar-refractivity contribution in [2.75, 3.05) is 12.4 Å². The fraction of sp³-hybridized carbons (Fsp3) is 0.174. The Morgan fingerprint density at radius 1 is 1.03 bits per heavy atom. The summed E-state index contributed by atoms with van der Waals surface area (Å²) >= 11 is 0. The normalized spacial score (nSPS) is 15.5. The Morgan fingerprint density at radius 2 is 1.72 bits per heavy atom. The van der Waals surface area contributed by atoms with Crippen LogP contribution in [0.25, 0.3) is 0 Å². The largest absolute Gasteiger partial charge is 0.508 e. The topological polar surface area (TPSA) is 99.0 Å². The van der Waals surface area contributed by atoms with E-state index in [0.29, 0.717) is 5.56 Å². The summed E-state index contributed by atoms with van der Waals surface area (Å²) in [4.78, 5) is 12.8. The number of benzene rings is 3. The van der Waals surface area contributed by atoms with Crippen LogP contribution in [0.5, 0.6) is 23.0 Å². The van der Waals surface area contributed by atoms with Gasteiger partial charge in [-0.15, -0.1) is 0 Å². The van der Waals surface area contributed by atoms with Gasteiger partial charge in [0.15, 0.2) is 5.78 Å². The zero-order chi connectivity index (χ0) is 20.5. The molecule has 3 aromatic rings. The van der Waals surface area contributed by atoms with E-state index in [0.717, 1.165) is 16.8 Å². The number of hydrogen-bond donors (Lipinski definition) is 4. The van der Waals surface area contributed by atoms with Crippen LogP contribution in [0.1, 0.15) is 39.6 Å². The summed E-state index contributed by atoms with van der Waals surface area (Å²) in [6.07, 6.45) is -0.204. The summed E-state index contributed by atoms with van der Waals surface area (Å²) in [5.41, 5.74) is 2.97. The van der Waals surface area contributed by atoms with Crippen molar-refractivity contribution >= 4 is 11.5 Å². The number of phenolic OH excluding ortho intramolecular Hbond substituents is 3. The molecule has 0 saturated carbocycles. The van der Waals surface area contributed by atoms with Crippen molar-refractivity contribution in [2.24, 2.45) is 0 Å². The maximum atomic E-state index is 12.8. The van der Waals surface area contributed by atoms with E-state index in [1.807, 2.05) is 31.3 Å². The van der Waals surface area contributed by atoms with Crippen LogP contribution in [0.2, 0.25) is 0 Å². The highest BCUT2D eigenvalue weighted by atomic mass is 16.5. The number of phenols is 3. The Bertz CT molecular complexity index is 1060. The van der Waals surface area contributed by atoms with E-state index >= 15 is 0 Å². The summed E-state index contributed by atoms with van der Waals surface area (Å²) in [5.74, 6) is -0.346. The molecule has 3 aromatic carbocycles. The van der Waals surface area contributed by atoms with E-state index in [-0.39, 0.29) is 47.2 Å². The Hall–Kier alpha value is -3.67. The fourth-order valence-electron chi connectivity index (χ4n) is 3.54. The first kappa shape index (κ1) is 18.7. The molecule has 1 aliphatic heterocycles. The van der Waals surface area contributed by atoms with Crippen molar-refractivity contribution in [3.63, 3.8) is 0 Å². The first-order chi connectivity index (χ1) is 14.0. The lowest BCUT2D eigenvalue weighted by Gasteiger charge is -2.27. The van der Waals surface area contributed by atoms with Crippen LogP contribution in [0.15, 0.2) is 54.6 Å². The van der Waals surface area contributed by atoms with Crippen molar-refractivity contribution in [3.05, 3.63) is 76.9 Å². The molecule has 29 heavy (non-hydrogen) atoms. The Kier molecular flexibility index (Phi) is 4.76. The number of rotatable bonds is 4. The minimum Gasteiger partial charge on any atom is -0.508 e. The standard InChI is InChI=1S/C23H21NO5/c1-24-15-6-2-13(3-7-15)10-17-18(26)11-21-22(23(17)28)19(27)12-20(29-21)14-4-8-16(25)9-5-14/h2-9,11,20,24-26,28H,10,12H2,1H3. The summed E-state index contributed by atoms with van der Waals surface area (Å²) in [5, 5.41) is 33.7. The quantitative estimate of drug-likeness (QED) is 0.533. The van der Waals surface area contributed by atoms with Gasteiger partial charge in [-0.3, -0.25) is 4.79 Å². The highest BCUT2D eigenvalue weighted by Gasteiger charge is 2.32. The van der Waals surface area contributed by atoms with Gasteiger partial charge in [-0.25, -0.2) is 0 Å². The van der Waals surface area contributed by atoms with E-state index < -0.39 is 6.10 Å². The lowest BCUT2D eigenvalue weighted by atomic mass is 9.92. The lowest BCUT2D eigenvalue weighted by Crippen LogP contribution is -2.21. The van der Waals surface area contributed by atoms with Crippen LogP contribution in [0.4, 0.5) is 5.69 Å². The van der Waals surface area contributed by atoms with Gasteiger partial charge in [-0.05, 0) is 35.4 Å². The number of ether oxygens (including phenoxy) is 1. The fourth-order valence-corrected chi connectivity index (χ4v) is 3.54. The zero-order valence-corrected chi connectivity index (χ0v) is 15.8. The number of nitrogens with one attached hydrogen (secondary N) is 1. The lowest BCUT2D eigenvalue weighted by molar-refractivity contribution is 0.0844. The van der Waals surface area contributed by atoms with Crippen LogP contribution in [-0.4, -0.2) is 28.2 Å². The second kappa shape index (κ2) is 7.39. The number of aromatic hydroxyl groups is 3. The molecule has 1 heterocycles. The molecule has 4 rings (SSSR count). The number of carbonyl (C=O) groups excluding carboxylic acids is 1. The maximum absolute atomic E-state index is 12.8. The van der Waals surface area contributed by atoms with Crippen LogP contribution >= 0.6 is 0 Å². The van der Waals surface area contributed by atoms with Crippen LogP contribution in [0.3, 0.4) is 0 Å². The summed E-state index contributed by atoms with van der Waals surface area (Å²) in [6, 6.07) is 15.4. The van der Waals surface area contributed by atoms with Crippen LogP contribution in [0, 0.1) is 0 Å². The predicted molar refractivity (Wildman–Crippen MR) is 109 cm³/mol. The third kappa shape index (κ3) is 3.57. The van der Waals surface area contributed by atoms with E-state index in [1.165, 1.54) is 18.2 Å². The minimum atomic E-state index is -0.547. The predicted octanol–water partition coefficient (Wildman–Crippen LogP) is 4.14. The molecular weight excluding hydrogens is 370 g/mol. The average molecular weight is 391 g/mol. The van der Waals surface area contributed by atoms with Gasteiger partial charge in [0.1, 0.15) is 34.7 Å². The van der Waals surface area contributed by atoms with Gasteiger partial charge in [0.25, 0.3) is 0 Å². The molecule has 1 unspecified atom stereocenters. The maximum Gasteiger partial charge on any atom is 0.174 e. The molecule has 0 fully saturated rings. The van der Waals surface area contributed by atoms with Crippen LogP contribution < -0.4 is 10.1 Å². The molecule has 0 aromatic heterocycles. The molecular formula is C23H21NO5. The first-order valence-electron chi connectivity index (χ1n) is 9.29. The smallest absolute Gasteiger partial charge is 0.174 e. The molecule has 1 atom stereocenters. The van der Waals surface area contributed by atoms with Gasteiger partial charge in [-0.2, -0.15) is 0 Å². The van der Waals surface area contributed by atoms with Crippen molar-refractivity contribution in [1.82, 2.24) is 0 Å². The van der Waals surface area contributed by atoms with Crippen molar-refractivity contribution in [1.29, 1.82) is 0 Å². The molecule has 0 aliphatic carbocycles. The zero-order valence-electron chi connectivity index (χ0n) is 15.8. The number of anilines is 1. The molecule has 148 valence electrons. The Morgan fingerprint density at radius 3 is 2.38 bits per heavy atom. The third-order valence-electron chi connectivity index (χ3n) is 5.15. The third-order valence-corrected chi connectivity index (χ3v) is 5.15. The summed E-state index contributed by atoms with van der Waals surface area (Å²) < 4.78 is 5.89. The minimum absolute atomic E-state index is 0.0619. The van der Waals surface area contributed by atoms with E-state index in [2.05, 4.69) is 5.32 Å². The highest BCUT2D eigenvalue weighted by Crippen LogP contribution is 2.45. The summed E-state index contributed by atoms with van der Waals surface area (Å²) in [6.45, 7) is 0. The molecule has 0 bridgehead atoms. The molecule has 6 nitrogen and oxygen atoms in total. The van der Waals surface area contributed by atoms with Gasteiger partial charge in [0, 0.05) is 30.8 Å². The first-order valence-corrected chi connectivity index (χ1v) is 9.29. The summed E-state index contributed by atoms with van der Waals surface area (Å²) in [7, 11) is 1.83. The second-order valence-corrected chi connectivity index (χ2v) is 7.05. The molecule has 0 spiro atoms. The van der Waals surface area contributed by atoms with Gasteiger partial charge < -0.3 is 25.4 Å². The molecule has 0 radical (unpaired) electrons. The van der Waals surface area contributed by atoms with E-state index in [4.69, 9.17) is 4.74 Å². The van der Waals surface area contributed by atoms with E-state index in [9.17, 15) is 20.1 Å².